The Bertz CT molecular complexity index is 1060. The number of hydrogen-bond acceptors (Lipinski definition) is 5. The van der Waals surface area contributed by atoms with E-state index in [9.17, 15) is 0 Å². The Kier molecular flexibility index (Phi) is 4.71. The van der Waals surface area contributed by atoms with Gasteiger partial charge in [0.25, 0.3) is 0 Å². The molecule has 1 aliphatic heterocycles. The predicted octanol–water partition coefficient (Wildman–Crippen LogP) is 3.73. The molecular formula is C24H23N5. The molecule has 0 spiro atoms. The molecule has 5 rings (SSSR count). The van der Waals surface area contributed by atoms with Gasteiger partial charge < -0.3 is 5.32 Å². The van der Waals surface area contributed by atoms with Crippen LogP contribution in [0.1, 0.15) is 33.9 Å². The molecular weight excluding hydrogens is 358 g/mol. The van der Waals surface area contributed by atoms with Crippen molar-refractivity contribution in [1.82, 2.24) is 14.9 Å². The quantitative estimate of drug-likeness (QED) is 0.729. The molecule has 2 aromatic carbocycles. The second kappa shape index (κ2) is 7.65. The second-order valence-corrected chi connectivity index (χ2v) is 8.02. The molecule has 2 heterocycles. The van der Waals surface area contributed by atoms with E-state index >= 15 is 0 Å². The smallest absolute Gasteiger partial charge is 0.223 e. The second-order valence-electron chi connectivity index (χ2n) is 8.02. The maximum atomic E-state index is 9.12. The molecule has 5 nitrogen and oxygen atoms in total. The highest BCUT2D eigenvalue weighted by molar-refractivity contribution is 5.38. The molecule has 1 N–H and O–H groups in total. The lowest BCUT2D eigenvalue weighted by Crippen LogP contribution is -2.21. The number of benzene rings is 2. The summed E-state index contributed by atoms with van der Waals surface area (Å²) < 4.78 is 0. The van der Waals surface area contributed by atoms with Crippen LogP contribution in [0.2, 0.25) is 0 Å². The summed E-state index contributed by atoms with van der Waals surface area (Å²) in [4.78, 5) is 11.9. The molecule has 1 fully saturated rings. The van der Waals surface area contributed by atoms with Crippen molar-refractivity contribution in [2.75, 3.05) is 18.4 Å². The number of fused-ring (bicyclic) bond motifs is 3. The normalized spacial score (nSPS) is 20.1. The molecule has 144 valence electrons. The summed E-state index contributed by atoms with van der Waals surface area (Å²) in [7, 11) is 0. The van der Waals surface area contributed by atoms with Gasteiger partial charge in [-0.25, -0.2) is 9.97 Å². The third kappa shape index (κ3) is 3.72. The van der Waals surface area contributed by atoms with Gasteiger partial charge in [-0.2, -0.15) is 5.26 Å². The van der Waals surface area contributed by atoms with E-state index in [1.54, 1.807) is 0 Å². The van der Waals surface area contributed by atoms with Gasteiger partial charge >= 0.3 is 0 Å². The van der Waals surface area contributed by atoms with Crippen LogP contribution in [0, 0.1) is 17.2 Å². The first-order valence-corrected chi connectivity index (χ1v) is 10.1. The van der Waals surface area contributed by atoms with Gasteiger partial charge in [0.05, 0.1) is 17.3 Å². The van der Waals surface area contributed by atoms with Gasteiger partial charge in [-0.1, -0.05) is 42.5 Å². The van der Waals surface area contributed by atoms with Gasteiger partial charge in [-0.3, -0.25) is 4.90 Å². The van der Waals surface area contributed by atoms with E-state index in [0.717, 1.165) is 38.2 Å². The standard InChI is InChI=1S/C24H23N5/c25-11-18-7-4-8-19(9-18)14-29-15-21-10-20-13-27-24(28-23(20)22(21)16-29)26-12-17-5-2-1-3-6-17/h1-9,13,21-22H,10,12,14-16H2,(H,26,27,28). The SMILES string of the molecule is N#Cc1cccc(CN2CC3Cc4cnc(NCc5ccccc5)nc4C3C2)c1. The lowest BCUT2D eigenvalue weighted by Gasteiger charge is -2.17. The Balaban J connectivity index is 1.27. The first-order chi connectivity index (χ1) is 14.3. The van der Waals surface area contributed by atoms with Crippen molar-refractivity contribution < 1.29 is 0 Å². The van der Waals surface area contributed by atoms with Crippen LogP contribution >= 0.6 is 0 Å². The summed E-state index contributed by atoms with van der Waals surface area (Å²) in [6.07, 6.45) is 3.07. The summed E-state index contributed by atoms with van der Waals surface area (Å²) in [5.41, 5.74) is 5.68. The number of nitriles is 1. The molecule has 0 saturated carbocycles. The molecule has 1 aromatic heterocycles. The van der Waals surface area contributed by atoms with Gasteiger partial charge in [0.2, 0.25) is 5.95 Å². The van der Waals surface area contributed by atoms with E-state index in [2.05, 4.69) is 39.5 Å². The van der Waals surface area contributed by atoms with Crippen LogP contribution < -0.4 is 5.32 Å². The number of rotatable bonds is 5. The van der Waals surface area contributed by atoms with E-state index in [0.29, 0.717) is 17.8 Å². The van der Waals surface area contributed by atoms with Gasteiger partial charge in [0.15, 0.2) is 0 Å². The van der Waals surface area contributed by atoms with E-state index in [4.69, 9.17) is 10.2 Å². The monoisotopic (exact) mass is 381 g/mol. The van der Waals surface area contributed by atoms with Crippen molar-refractivity contribution >= 4 is 5.95 Å². The molecule has 2 atom stereocenters. The number of hydrogen-bond donors (Lipinski definition) is 1. The number of likely N-dealkylation sites (tertiary alicyclic amines) is 1. The highest BCUT2D eigenvalue weighted by Crippen LogP contribution is 2.42. The summed E-state index contributed by atoms with van der Waals surface area (Å²) in [6, 6.07) is 20.5. The molecule has 0 amide bonds. The molecule has 1 aliphatic carbocycles. The number of nitrogens with one attached hydrogen (secondary N) is 1. The minimum Gasteiger partial charge on any atom is -0.350 e. The van der Waals surface area contributed by atoms with Crippen molar-refractivity contribution in [3.8, 4) is 6.07 Å². The third-order valence-electron chi connectivity index (χ3n) is 6.00. The van der Waals surface area contributed by atoms with Gasteiger partial charge in [-0.15, -0.1) is 0 Å². The predicted molar refractivity (Wildman–Crippen MR) is 112 cm³/mol. The molecule has 1 saturated heterocycles. The first kappa shape index (κ1) is 17.8. The van der Waals surface area contributed by atoms with Crippen molar-refractivity contribution in [2.45, 2.75) is 25.4 Å². The Labute approximate surface area is 171 Å². The van der Waals surface area contributed by atoms with Crippen LogP contribution in [0.15, 0.2) is 60.8 Å². The van der Waals surface area contributed by atoms with Crippen LogP contribution in [0.25, 0.3) is 0 Å². The Morgan fingerprint density at radius 3 is 2.79 bits per heavy atom. The van der Waals surface area contributed by atoms with Gasteiger partial charge in [0, 0.05) is 38.3 Å². The molecule has 0 bridgehead atoms. The largest absolute Gasteiger partial charge is 0.350 e. The third-order valence-corrected chi connectivity index (χ3v) is 6.00. The fourth-order valence-electron chi connectivity index (χ4n) is 4.65. The van der Waals surface area contributed by atoms with Crippen LogP contribution in [0.5, 0.6) is 0 Å². The van der Waals surface area contributed by atoms with E-state index in [1.165, 1.54) is 22.4 Å². The van der Waals surface area contributed by atoms with E-state index in [-0.39, 0.29) is 0 Å². The minimum atomic E-state index is 0.476. The minimum absolute atomic E-state index is 0.476. The number of nitrogens with zero attached hydrogens (tertiary/aromatic N) is 4. The Morgan fingerprint density at radius 1 is 1.07 bits per heavy atom. The van der Waals surface area contributed by atoms with Gasteiger partial charge in [0.1, 0.15) is 0 Å². The molecule has 2 aliphatic rings. The fourth-order valence-corrected chi connectivity index (χ4v) is 4.65. The number of aromatic nitrogens is 2. The summed E-state index contributed by atoms with van der Waals surface area (Å²) in [5.74, 6) is 1.81. The zero-order chi connectivity index (χ0) is 19.6. The maximum Gasteiger partial charge on any atom is 0.223 e. The van der Waals surface area contributed by atoms with Crippen molar-refractivity contribution in [1.29, 1.82) is 5.26 Å². The van der Waals surface area contributed by atoms with E-state index in [1.807, 2.05) is 42.6 Å². The van der Waals surface area contributed by atoms with Crippen molar-refractivity contribution in [3.63, 3.8) is 0 Å². The molecule has 5 heteroatoms. The zero-order valence-corrected chi connectivity index (χ0v) is 16.3. The lowest BCUT2D eigenvalue weighted by molar-refractivity contribution is 0.313. The molecule has 3 aromatic rings. The number of anilines is 1. The molecule has 2 unspecified atom stereocenters. The van der Waals surface area contributed by atoms with Crippen molar-refractivity contribution in [2.24, 2.45) is 5.92 Å². The Morgan fingerprint density at radius 2 is 1.93 bits per heavy atom. The average Bonchev–Trinajstić information content (AvgIpc) is 3.30. The molecule has 0 radical (unpaired) electrons. The fraction of sp³-hybridized carbons (Fsp3) is 0.292. The van der Waals surface area contributed by atoms with Gasteiger partial charge in [-0.05, 0) is 41.2 Å². The van der Waals surface area contributed by atoms with E-state index < -0.39 is 0 Å². The highest BCUT2D eigenvalue weighted by atomic mass is 15.2. The van der Waals surface area contributed by atoms with Crippen LogP contribution in [0.3, 0.4) is 0 Å². The highest BCUT2D eigenvalue weighted by Gasteiger charge is 2.41. The van der Waals surface area contributed by atoms with Crippen LogP contribution in [-0.2, 0) is 19.5 Å². The lowest BCUT2D eigenvalue weighted by atomic mass is 9.99. The summed E-state index contributed by atoms with van der Waals surface area (Å²) in [6.45, 7) is 3.71. The zero-order valence-electron chi connectivity index (χ0n) is 16.3. The summed E-state index contributed by atoms with van der Waals surface area (Å²) in [5, 5.41) is 12.5. The van der Waals surface area contributed by atoms with Crippen LogP contribution in [-0.4, -0.2) is 28.0 Å². The average molecular weight is 381 g/mol. The van der Waals surface area contributed by atoms with Crippen LogP contribution in [0.4, 0.5) is 5.95 Å². The molecule has 29 heavy (non-hydrogen) atoms. The maximum absolute atomic E-state index is 9.12. The topological polar surface area (TPSA) is 64.8 Å². The summed E-state index contributed by atoms with van der Waals surface area (Å²) >= 11 is 0. The Hall–Kier alpha value is -3.23. The first-order valence-electron chi connectivity index (χ1n) is 10.1. The van der Waals surface area contributed by atoms with Crippen molar-refractivity contribution in [3.05, 3.63) is 88.7 Å².